The number of hydrogen-bond donors (Lipinski definition) is 0. The molecule has 22 heavy (non-hydrogen) atoms. The minimum absolute atomic E-state index is 0.0575. The van der Waals surface area contributed by atoms with Crippen molar-refractivity contribution < 1.29 is 13.3 Å². The summed E-state index contributed by atoms with van der Waals surface area (Å²) in [5.41, 5.74) is 1.68. The molecule has 0 fully saturated rings. The molecule has 2 aromatic carbocycles. The van der Waals surface area contributed by atoms with Crippen LogP contribution in [0.2, 0.25) is 0 Å². The largest absolute Gasteiger partial charge is 0.282 e. The Kier molecular flexibility index (Phi) is 4.37. The molecule has 0 N–H and O–H groups in total. The number of sulfonamides is 1. The molecule has 114 valence electrons. The summed E-state index contributed by atoms with van der Waals surface area (Å²) in [6.45, 7) is 3.41. The fourth-order valence-electron chi connectivity index (χ4n) is 1.82. The number of hydrogen-bond acceptors (Lipinski definition) is 4. The Morgan fingerprint density at radius 3 is 2.09 bits per heavy atom. The second kappa shape index (κ2) is 6.07. The zero-order valence-electron chi connectivity index (χ0n) is 12.1. The van der Waals surface area contributed by atoms with Gasteiger partial charge in [-0.25, -0.2) is 0 Å². The maximum absolute atomic E-state index is 12.2. The molecule has 0 spiro atoms. The summed E-state index contributed by atoms with van der Waals surface area (Å²) in [5.74, 6) is 0. The van der Waals surface area contributed by atoms with Crippen molar-refractivity contribution in [1.29, 1.82) is 0 Å². The number of aryl methyl sites for hydroxylation is 1. The zero-order valence-corrected chi connectivity index (χ0v) is 12.9. The van der Waals surface area contributed by atoms with E-state index in [0.717, 1.165) is 5.56 Å². The smallest absolute Gasteiger partial charge is 0.258 e. The van der Waals surface area contributed by atoms with E-state index in [4.69, 9.17) is 0 Å². The summed E-state index contributed by atoms with van der Waals surface area (Å²) < 4.78 is 28.2. The predicted octanol–water partition coefficient (Wildman–Crippen LogP) is 3.10. The fraction of sp³-hybridized carbons (Fsp3) is 0.133. The van der Waals surface area contributed by atoms with Crippen molar-refractivity contribution >= 4 is 21.4 Å². The second-order valence-corrected chi connectivity index (χ2v) is 6.37. The van der Waals surface area contributed by atoms with Crippen molar-refractivity contribution in [3.63, 3.8) is 0 Å². The molecule has 0 aliphatic heterocycles. The van der Waals surface area contributed by atoms with Crippen LogP contribution in [0.15, 0.2) is 57.8 Å². The highest BCUT2D eigenvalue weighted by atomic mass is 32.2. The van der Waals surface area contributed by atoms with Crippen LogP contribution in [0.3, 0.4) is 0 Å². The molecule has 0 atom stereocenters. The van der Waals surface area contributed by atoms with Gasteiger partial charge >= 0.3 is 0 Å². The van der Waals surface area contributed by atoms with Crippen LogP contribution in [0.5, 0.6) is 0 Å². The standard InChI is InChI=1S/C15H14N2O4S/c1-11-3-9-15(10-4-11)22(20,21)16-12(2)13-5-7-14(8-6-13)17(18)19/h3-10H,1-2H3/b16-12+. The van der Waals surface area contributed by atoms with E-state index in [2.05, 4.69) is 4.40 Å². The van der Waals surface area contributed by atoms with Crippen molar-refractivity contribution in [2.24, 2.45) is 4.40 Å². The Morgan fingerprint density at radius 1 is 1.05 bits per heavy atom. The lowest BCUT2D eigenvalue weighted by Crippen LogP contribution is -2.03. The Balaban J connectivity index is 2.34. The number of rotatable bonds is 4. The van der Waals surface area contributed by atoms with Gasteiger partial charge in [0, 0.05) is 12.1 Å². The first-order valence-electron chi connectivity index (χ1n) is 6.43. The van der Waals surface area contributed by atoms with Crippen LogP contribution >= 0.6 is 0 Å². The highest BCUT2D eigenvalue weighted by Gasteiger charge is 2.14. The highest BCUT2D eigenvalue weighted by molar-refractivity contribution is 7.90. The Morgan fingerprint density at radius 2 is 1.59 bits per heavy atom. The van der Waals surface area contributed by atoms with E-state index < -0.39 is 14.9 Å². The quantitative estimate of drug-likeness (QED) is 0.492. The van der Waals surface area contributed by atoms with Crippen LogP contribution in [0, 0.1) is 17.0 Å². The van der Waals surface area contributed by atoms with E-state index in [1.807, 2.05) is 6.92 Å². The first kappa shape index (κ1) is 15.8. The monoisotopic (exact) mass is 318 g/mol. The van der Waals surface area contributed by atoms with Crippen LogP contribution in [0.25, 0.3) is 0 Å². The van der Waals surface area contributed by atoms with Crippen LogP contribution in [0.4, 0.5) is 5.69 Å². The molecule has 2 aromatic rings. The average molecular weight is 318 g/mol. The number of benzene rings is 2. The van der Waals surface area contributed by atoms with Crippen LogP contribution in [-0.2, 0) is 10.0 Å². The molecular weight excluding hydrogens is 304 g/mol. The summed E-state index contributed by atoms with van der Waals surface area (Å²) in [4.78, 5) is 10.2. The molecule has 0 amide bonds. The van der Waals surface area contributed by atoms with Crippen LogP contribution in [-0.4, -0.2) is 19.1 Å². The summed E-state index contributed by atoms with van der Waals surface area (Å²) in [5, 5.41) is 10.6. The van der Waals surface area contributed by atoms with E-state index >= 15 is 0 Å². The van der Waals surface area contributed by atoms with Gasteiger partial charge in [-0.3, -0.25) is 10.1 Å². The molecule has 0 saturated carbocycles. The lowest BCUT2D eigenvalue weighted by atomic mass is 10.1. The molecule has 0 saturated heterocycles. The van der Waals surface area contributed by atoms with Crippen molar-refractivity contribution in [2.45, 2.75) is 18.7 Å². The SMILES string of the molecule is C/C(=N\S(=O)(=O)c1ccc(C)cc1)c1ccc([N+](=O)[O-])cc1. The van der Waals surface area contributed by atoms with Crippen LogP contribution < -0.4 is 0 Å². The minimum atomic E-state index is -3.80. The van der Waals surface area contributed by atoms with E-state index in [9.17, 15) is 18.5 Å². The second-order valence-electron chi connectivity index (χ2n) is 4.77. The number of nitro groups is 1. The van der Waals surface area contributed by atoms with Gasteiger partial charge in [-0.2, -0.15) is 12.8 Å². The third-order valence-electron chi connectivity index (χ3n) is 3.07. The minimum Gasteiger partial charge on any atom is -0.258 e. The molecule has 2 rings (SSSR count). The molecule has 7 heteroatoms. The Labute approximate surface area is 128 Å². The molecule has 0 bridgehead atoms. The van der Waals surface area contributed by atoms with E-state index in [1.165, 1.54) is 36.4 Å². The number of nitrogens with zero attached hydrogens (tertiary/aromatic N) is 2. The normalized spacial score (nSPS) is 12.2. The van der Waals surface area contributed by atoms with Crippen molar-refractivity contribution in [1.82, 2.24) is 0 Å². The van der Waals surface area contributed by atoms with Gasteiger partial charge in [0.1, 0.15) is 0 Å². The number of non-ortho nitro benzene ring substituents is 1. The van der Waals surface area contributed by atoms with Gasteiger partial charge in [0.25, 0.3) is 15.7 Å². The molecule has 0 heterocycles. The molecular formula is C15H14N2O4S. The predicted molar refractivity (Wildman–Crippen MR) is 83.7 cm³/mol. The highest BCUT2D eigenvalue weighted by Crippen LogP contribution is 2.16. The summed E-state index contributed by atoms with van der Waals surface area (Å²) in [6.07, 6.45) is 0. The van der Waals surface area contributed by atoms with Crippen molar-refractivity contribution in [2.75, 3.05) is 0 Å². The van der Waals surface area contributed by atoms with Gasteiger partial charge in [-0.15, -0.1) is 0 Å². The van der Waals surface area contributed by atoms with Gasteiger partial charge in [0.15, 0.2) is 0 Å². The van der Waals surface area contributed by atoms with Crippen LogP contribution in [0.1, 0.15) is 18.1 Å². The molecule has 0 aromatic heterocycles. The summed E-state index contributed by atoms with van der Waals surface area (Å²) >= 11 is 0. The summed E-state index contributed by atoms with van der Waals surface area (Å²) in [7, 11) is -3.80. The molecule has 0 aliphatic rings. The topological polar surface area (TPSA) is 89.6 Å². The Hall–Kier alpha value is -2.54. The lowest BCUT2D eigenvalue weighted by molar-refractivity contribution is -0.384. The van der Waals surface area contributed by atoms with Gasteiger partial charge in [0.05, 0.1) is 15.5 Å². The average Bonchev–Trinajstić information content (AvgIpc) is 2.47. The van der Waals surface area contributed by atoms with Gasteiger partial charge in [0.2, 0.25) is 0 Å². The first-order valence-corrected chi connectivity index (χ1v) is 7.87. The first-order chi connectivity index (χ1) is 10.3. The van der Waals surface area contributed by atoms with Crippen molar-refractivity contribution in [3.8, 4) is 0 Å². The molecule has 0 radical (unpaired) electrons. The zero-order chi connectivity index (χ0) is 16.3. The lowest BCUT2D eigenvalue weighted by Gasteiger charge is -2.03. The molecule has 6 nitrogen and oxygen atoms in total. The third kappa shape index (κ3) is 3.56. The maximum Gasteiger partial charge on any atom is 0.282 e. The maximum atomic E-state index is 12.2. The number of nitro benzene ring substituents is 1. The Bertz CT molecular complexity index is 823. The van der Waals surface area contributed by atoms with Gasteiger partial charge in [-0.1, -0.05) is 17.7 Å². The van der Waals surface area contributed by atoms with Gasteiger partial charge < -0.3 is 0 Å². The molecule has 0 unspecified atom stereocenters. The fourth-order valence-corrected chi connectivity index (χ4v) is 2.87. The van der Waals surface area contributed by atoms with E-state index in [-0.39, 0.29) is 16.3 Å². The van der Waals surface area contributed by atoms with E-state index in [1.54, 1.807) is 19.1 Å². The van der Waals surface area contributed by atoms with Gasteiger partial charge in [-0.05, 0) is 43.7 Å². The van der Waals surface area contributed by atoms with Crippen molar-refractivity contribution in [3.05, 3.63) is 69.8 Å². The van der Waals surface area contributed by atoms with E-state index in [0.29, 0.717) is 5.56 Å². The third-order valence-corrected chi connectivity index (χ3v) is 4.45. The molecule has 0 aliphatic carbocycles. The summed E-state index contributed by atoms with van der Waals surface area (Å²) in [6, 6.07) is 12.0.